The summed E-state index contributed by atoms with van der Waals surface area (Å²) in [5.41, 5.74) is 5.92. The molecule has 0 spiro atoms. The van der Waals surface area contributed by atoms with E-state index in [9.17, 15) is 43.5 Å². The summed E-state index contributed by atoms with van der Waals surface area (Å²) >= 11 is 0. The van der Waals surface area contributed by atoms with Crippen molar-refractivity contribution in [3.63, 3.8) is 0 Å². The second-order valence-electron chi connectivity index (χ2n) is 5.93. The van der Waals surface area contributed by atoms with Crippen LogP contribution < -0.4 is 25.3 Å². The number of aromatic nitrogens is 4. The van der Waals surface area contributed by atoms with E-state index in [1.807, 2.05) is 0 Å². The van der Waals surface area contributed by atoms with Gasteiger partial charge in [0.05, 0.1) is 20.8 Å². The molecule has 12 N–H and O–H groups in total. The molecule has 0 aliphatic carbocycles. The molecule has 0 bridgehead atoms. The third-order valence-electron chi connectivity index (χ3n) is 3.80. The molecule has 1 aliphatic heterocycles. The first-order valence-corrected chi connectivity index (χ1v) is 12.2. The van der Waals surface area contributed by atoms with Crippen LogP contribution in [0.5, 0.6) is 0 Å². The average Bonchev–Trinajstić information content (AvgIpc) is 3.13. The van der Waals surface area contributed by atoms with Gasteiger partial charge in [-0.05, 0) is 0 Å². The molecular formula is C10H21N5O17P3Rh. The van der Waals surface area contributed by atoms with Crippen LogP contribution in [0, 0.1) is 0 Å². The van der Waals surface area contributed by atoms with Gasteiger partial charge in [0.25, 0.3) is 15.6 Å². The van der Waals surface area contributed by atoms with Crippen LogP contribution in [0.4, 0.5) is 5.82 Å². The molecule has 2 aromatic heterocycles. The Hall–Kier alpha value is -0.897. The summed E-state index contributed by atoms with van der Waals surface area (Å²) in [6.45, 7) is -1.08. The van der Waals surface area contributed by atoms with Gasteiger partial charge in [0.1, 0.15) is 30.2 Å². The Morgan fingerprint density at radius 3 is 2.14 bits per heavy atom. The summed E-state index contributed by atoms with van der Waals surface area (Å²) < 4.78 is 50.2. The van der Waals surface area contributed by atoms with Gasteiger partial charge in [-0.15, -0.1) is 0 Å². The van der Waals surface area contributed by atoms with E-state index in [2.05, 4.69) is 28.1 Å². The third-order valence-corrected chi connectivity index (χ3v) is 7.46. The minimum Gasteiger partial charge on any atom is -0.790 e. The van der Waals surface area contributed by atoms with Crippen molar-refractivity contribution in [3.8, 4) is 0 Å². The first-order valence-electron chi connectivity index (χ1n) is 7.85. The Bertz CT molecular complexity index is 1120. The first kappa shape index (κ1) is 39.6. The molecule has 1 fully saturated rings. The van der Waals surface area contributed by atoms with E-state index in [0.29, 0.717) is 0 Å². The van der Waals surface area contributed by atoms with E-state index in [4.69, 9.17) is 10.5 Å². The van der Waals surface area contributed by atoms with Crippen molar-refractivity contribution in [1.82, 2.24) is 19.5 Å². The maximum Gasteiger partial charge on any atom is 3.00 e. The minimum absolute atomic E-state index is 0. The number of aliphatic hydroxyl groups is 2. The fourth-order valence-electron chi connectivity index (χ4n) is 2.60. The SMILES string of the molecule is Nc1ncnc2c1ncn2C1OC(COP(=O)([O-])OP(=O)([O-])OP(=O)([O-])[O-])C(O)C1O.O.O.O.O.[H+].[Rh+3]. The van der Waals surface area contributed by atoms with Gasteiger partial charge >= 0.3 is 20.9 Å². The van der Waals surface area contributed by atoms with E-state index in [0.717, 1.165) is 12.7 Å². The van der Waals surface area contributed by atoms with Crippen LogP contribution in [-0.2, 0) is 51.1 Å². The van der Waals surface area contributed by atoms with Crippen molar-refractivity contribution >= 4 is 40.4 Å². The predicted molar refractivity (Wildman–Crippen MR) is 102 cm³/mol. The number of rotatable bonds is 8. The molecule has 36 heavy (non-hydrogen) atoms. The van der Waals surface area contributed by atoms with Gasteiger partial charge in [-0.25, -0.2) is 19.3 Å². The van der Waals surface area contributed by atoms with Gasteiger partial charge in [-0.1, -0.05) is 0 Å². The van der Waals surface area contributed by atoms with Gasteiger partial charge in [0, 0.05) is 0 Å². The summed E-state index contributed by atoms with van der Waals surface area (Å²) in [5, 5.41) is 20.3. The van der Waals surface area contributed by atoms with Crippen molar-refractivity contribution in [2.45, 2.75) is 24.5 Å². The summed E-state index contributed by atoms with van der Waals surface area (Å²) in [5.74, 6) is 0.0195. The Balaban J connectivity index is -0.000000907. The second-order valence-corrected chi connectivity index (χ2v) is 10.2. The Morgan fingerprint density at radius 2 is 1.58 bits per heavy atom. The molecule has 3 heterocycles. The fourth-order valence-corrected chi connectivity index (χ4v) is 5.47. The van der Waals surface area contributed by atoms with Crippen LogP contribution >= 0.6 is 23.5 Å². The molecule has 6 atom stereocenters. The molecule has 212 valence electrons. The number of fused-ring (bicyclic) bond motifs is 1. The third kappa shape index (κ3) is 9.44. The monoisotopic (exact) mass is 679 g/mol. The molecule has 0 aromatic carbocycles. The standard InChI is InChI=1S/C10H16N5O13P3.4H2O.Rh/c11-8-5-9(13-2-12-8)15(3-14-5)10-7(17)6(16)4(26-10)1-25-30(21,22)28-31(23,24)27-29(18,19)20;;;;;/h2-4,6-7,10,16-17H,1H2,(H,21,22)(H,23,24)(H2,11,12,13)(H2,18,19,20);4*1H2;/q;;;;;+3/p-3. The molecular weight excluding hydrogens is 658 g/mol. The van der Waals surface area contributed by atoms with Crippen molar-refractivity contribution in [3.05, 3.63) is 12.7 Å². The number of hydrogen-bond donors (Lipinski definition) is 3. The smallest absolute Gasteiger partial charge is 0.790 e. The Labute approximate surface area is 214 Å². The summed E-state index contributed by atoms with van der Waals surface area (Å²) in [4.78, 5) is 54.9. The number of hydrogen-bond acceptors (Lipinski definition) is 17. The van der Waals surface area contributed by atoms with E-state index >= 15 is 0 Å². The molecule has 3 rings (SSSR count). The fraction of sp³-hybridized carbons (Fsp3) is 0.500. The molecule has 0 radical (unpaired) electrons. The van der Waals surface area contributed by atoms with Crippen LogP contribution in [0.3, 0.4) is 0 Å². The van der Waals surface area contributed by atoms with E-state index in [1.165, 1.54) is 4.57 Å². The number of nitrogen functional groups attached to an aromatic ring is 1. The van der Waals surface area contributed by atoms with Crippen LogP contribution in [0.15, 0.2) is 12.7 Å². The van der Waals surface area contributed by atoms with Crippen LogP contribution in [-0.4, -0.2) is 76.6 Å². The molecule has 26 heteroatoms. The largest absolute Gasteiger partial charge is 3.00 e. The first-order chi connectivity index (χ1) is 14.2. The maximum absolute atomic E-state index is 11.6. The number of nitrogens with zero attached hydrogens (tertiary/aromatic N) is 4. The number of imidazole rings is 1. The zero-order valence-electron chi connectivity index (χ0n) is 18.1. The minimum atomic E-state index is -6.14. The number of ether oxygens (including phenoxy) is 1. The van der Waals surface area contributed by atoms with Gasteiger partial charge in [-0.3, -0.25) is 18.0 Å². The predicted octanol–water partition coefficient (Wildman–Crippen LogP) is -7.35. The molecule has 1 saturated heterocycles. The number of phosphoric ester groups is 1. The number of phosphoric acid groups is 3. The van der Waals surface area contributed by atoms with Crippen LogP contribution in [0.2, 0.25) is 0 Å². The topological polar surface area (TPSA) is 416 Å². The van der Waals surface area contributed by atoms with Crippen LogP contribution in [0.1, 0.15) is 7.65 Å². The van der Waals surface area contributed by atoms with Crippen molar-refractivity contribution < 1.29 is 104 Å². The summed E-state index contributed by atoms with van der Waals surface area (Å²) in [6.07, 6.45) is -3.99. The quantitative estimate of drug-likeness (QED) is 0.172. The molecule has 0 saturated carbocycles. The zero-order chi connectivity index (χ0) is 23.2. The van der Waals surface area contributed by atoms with Crippen molar-refractivity contribution in [1.29, 1.82) is 0 Å². The zero-order valence-corrected chi connectivity index (χ0v) is 21.4. The molecule has 6 unspecified atom stereocenters. The van der Waals surface area contributed by atoms with Crippen molar-refractivity contribution in [2.24, 2.45) is 0 Å². The second kappa shape index (κ2) is 14.3. The molecule has 1 aliphatic rings. The number of anilines is 1. The molecule has 0 amide bonds. The normalized spacial score (nSPS) is 24.5. The average molecular weight is 679 g/mol. The van der Waals surface area contributed by atoms with Gasteiger partial charge in [-0.2, -0.15) is 0 Å². The van der Waals surface area contributed by atoms with E-state index < -0.39 is 54.6 Å². The van der Waals surface area contributed by atoms with Crippen molar-refractivity contribution in [2.75, 3.05) is 12.3 Å². The molecule has 22 nitrogen and oxygen atoms in total. The van der Waals surface area contributed by atoms with Crippen LogP contribution in [0.25, 0.3) is 11.2 Å². The van der Waals surface area contributed by atoms with Gasteiger partial charge in [0.2, 0.25) is 0 Å². The van der Waals surface area contributed by atoms with E-state index in [1.54, 1.807) is 0 Å². The molecule has 2 aromatic rings. The number of aliphatic hydroxyl groups excluding tert-OH is 2. The summed E-state index contributed by atoms with van der Waals surface area (Å²) in [7, 11) is -18.1. The Morgan fingerprint density at radius 1 is 1.00 bits per heavy atom. The van der Waals surface area contributed by atoms with E-state index in [-0.39, 0.29) is 59.8 Å². The number of nitrogens with two attached hydrogens (primary N) is 1. The Kier molecular flexibility index (Phi) is 15.7. The van der Waals surface area contributed by atoms with Gasteiger partial charge < -0.3 is 71.3 Å². The van der Waals surface area contributed by atoms with Gasteiger partial charge in [0.15, 0.2) is 17.7 Å². The maximum atomic E-state index is 11.6. The summed E-state index contributed by atoms with van der Waals surface area (Å²) in [6, 6.07) is 0.